The second-order valence-electron chi connectivity index (χ2n) is 4.86. The summed E-state index contributed by atoms with van der Waals surface area (Å²) in [6.07, 6.45) is 2.10. The van der Waals surface area contributed by atoms with Crippen LogP contribution in [0.25, 0.3) is 11.4 Å². The number of nitrogen functional groups attached to an aromatic ring is 1. The molecule has 2 rings (SSSR count). The monoisotopic (exact) mass is 303 g/mol. The smallest absolute Gasteiger partial charge is 0.163 e. The standard InChI is InChI=1S/C15H21N5S/c1-11(10-21-3)20(2)14-9-13(19-16)17-15(18-14)12-7-5-4-6-8-12/h4-9,11H,10,16H2,1-3H3,(H,17,18,19). The van der Waals surface area contributed by atoms with Crippen LogP contribution < -0.4 is 16.2 Å². The Balaban J connectivity index is 2.38. The second kappa shape index (κ2) is 7.28. The van der Waals surface area contributed by atoms with Crippen molar-refractivity contribution in [1.82, 2.24) is 9.97 Å². The molecule has 0 radical (unpaired) electrons. The molecule has 112 valence electrons. The van der Waals surface area contributed by atoms with Gasteiger partial charge in [-0.05, 0) is 13.2 Å². The maximum absolute atomic E-state index is 5.54. The molecule has 1 aromatic carbocycles. The van der Waals surface area contributed by atoms with Gasteiger partial charge in [0, 0.05) is 30.5 Å². The van der Waals surface area contributed by atoms with Gasteiger partial charge >= 0.3 is 0 Å². The topological polar surface area (TPSA) is 67.1 Å². The first-order valence-corrected chi connectivity index (χ1v) is 8.18. The third kappa shape index (κ3) is 3.86. The van der Waals surface area contributed by atoms with Crippen molar-refractivity contribution in [3.63, 3.8) is 0 Å². The summed E-state index contributed by atoms with van der Waals surface area (Å²) in [6, 6.07) is 12.1. The van der Waals surface area contributed by atoms with Crippen LogP contribution in [0, 0.1) is 0 Å². The van der Waals surface area contributed by atoms with Crippen molar-refractivity contribution < 1.29 is 0 Å². The zero-order chi connectivity index (χ0) is 15.2. The quantitative estimate of drug-likeness (QED) is 0.631. The van der Waals surface area contributed by atoms with E-state index in [9.17, 15) is 0 Å². The van der Waals surface area contributed by atoms with Gasteiger partial charge in [0.15, 0.2) is 5.82 Å². The van der Waals surface area contributed by atoms with Crippen molar-refractivity contribution in [3.8, 4) is 11.4 Å². The predicted molar refractivity (Wildman–Crippen MR) is 91.5 cm³/mol. The molecule has 0 fully saturated rings. The molecule has 5 nitrogen and oxygen atoms in total. The molecule has 0 amide bonds. The molecule has 1 heterocycles. The average Bonchev–Trinajstić information content (AvgIpc) is 2.54. The highest BCUT2D eigenvalue weighted by molar-refractivity contribution is 7.98. The highest BCUT2D eigenvalue weighted by atomic mass is 32.2. The third-order valence-corrected chi connectivity index (χ3v) is 4.14. The van der Waals surface area contributed by atoms with Gasteiger partial charge in [0.1, 0.15) is 11.6 Å². The van der Waals surface area contributed by atoms with Crippen molar-refractivity contribution in [2.24, 2.45) is 5.84 Å². The highest BCUT2D eigenvalue weighted by Crippen LogP contribution is 2.23. The molecule has 0 bridgehead atoms. The van der Waals surface area contributed by atoms with Gasteiger partial charge in [-0.3, -0.25) is 0 Å². The van der Waals surface area contributed by atoms with Crippen LogP contribution >= 0.6 is 11.8 Å². The number of hydrazine groups is 1. The van der Waals surface area contributed by atoms with E-state index in [1.54, 1.807) is 0 Å². The fraction of sp³-hybridized carbons (Fsp3) is 0.333. The van der Waals surface area contributed by atoms with Crippen molar-refractivity contribution in [2.75, 3.05) is 29.4 Å². The summed E-state index contributed by atoms with van der Waals surface area (Å²) in [4.78, 5) is 11.2. The summed E-state index contributed by atoms with van der Waals surface area (Å²) in [5.41, 5.74) is 3.59. The Labute approximate surface area is 129 Å². The van der Waals surface area contributed by atoms with Gasteiger partial charge in [0.05, 0.1) is 0 Å². The van der Waals surface area contributed by atoms with E-state index in [0.29, 0.717) is 17.7 Å². The number of nitrogens with two attached hydrogens (primary N) is 1. The van der Waals surface area contributed by atoms with Gasteiger partial charge in [0.2, 0.25) is 0 Å². The maximum atomic E-state index is 5.54. The van der Waals surface area contributed by atoms with Crippen LogP contribution in [0.2, 0.25) is 0 Å². The minimum Gasteiger partial charge on any atom is -0.356 e. The molecule has 0 saturated carbocycles. The Kier molecular flexibility index (Phi) is 5.41. The molecule has 0 spiro atoms. The predicted octanol–water partition coefficient (Wildman–Crippen LogP) is 2.62. The first kappa shape index (κ1) is 15.6. The lowest BCUT2D eigenvalue weighted by atomic mass is 10.2. The molecule has 0 aliphatic heterocycles. The van der Waals surface area contributed by atoms with Crippen LogP contribution in [0.1, 0.15) is 6.92 Å². The van der Waals surface area contributed by atoms with Gasteiger partial charge in [0.25, 0.3) is 0 Å². The van der Waals surface area contributed by atoms with E-state index in [-0.39, 0.29) is 0 Å². The molecule has 0 saturated heterocycles. The lowest BCUT2D eigenvalue weighted by Gasteiger charge is -2.26. The van der Waals surface area contributed by atoms with Crippen LogP contribution in [0.15, 0.2) is 36.4 Å². The van der Waals surface area contributed by atoms with E-state index in [1.165, 1.54) is 0 Å². The normalized spacial score (nSPS) is 12.0. The van der Waals surface area contributed by atoms with E-state index in [1.807, 2.05) is 55.2 Å². The molecule has 0 aliphatic rings. The van der Waals surface area contributed by atoms with Gasteiger partial charge in [-0.2, -0.15) is 11.8 Å². The van der Waals surface area contributed by atoms with Crippen LogP contribution in [0.4, 0.5) is 11.6 Å². The van der Waals surface area contributed by atoms with Crippen molar-refractivity contribution >= 4 is 23.4 Å². The Hall–Kier alpha value is -1.79. The fourth-order valence-corrected chi connectivity index (χ4v) is 2.69. The molecule has 1 atom stereocenters. The number of aromatic nitrogens is 2. The number of benzene rings is 1. The maximum Gasteiger partial charge on any atom is 0.163 e. The fourth-order valence-electron chi connectivity index (χ4n) is 1.98. The molecular formula is C15H21N5S. The summed E-state index contributed by atoms with van der Waals surface area (Å²) >= 11 is 1.82. The molecule has 3 N–H and O–H groups in total. The zero-order valence-corrected chi connectivity index (χ0v) is 13.4. The number of thioether (sulfide) groups is 1. The van der Waals surface area contributed by atoms with Crippen LogP contribution in [0.3, 0.4) is 0 Å². The molecule has 0 aliphatic carbocycles. The third-order valence-electron chi connectivity index (χ3n) is 3.32. The Morgan fingerprint density at radius 3 is 2.62 bits per heavy atom. The molecule has 1 aromatic heterocycles. The van der Waals surface area contributed by atoms with E-state index < -0.39 is 0 Å². The zero-order valence-electron chi connectivity index (χ0n) is 12.6. The molecule has 21 heavy (non-hydrogen) atoms. The number of hydrogen-bond acceptors (Lipinski definition) is 6. The van der Waals surface area contributed by atoms with Crippen LogP contribution in [-0.4, -0.2) is 35.1 Å². The second-order valence-corrected chi connectivity index (χ2v) is 5.77. The van der Waals surface area contributed by atoms with Crippen molar-refractivity contribution in [3.05, 3.63) is 36.4 Å². The van der Waals surface area contributed by atoms with Crippen LogP contribution in [0.5, 0.6) is 0 Å². The number of anilines is 2. The molecule has 1 unspecified atom stereocenters. The van der Waals surface area contributed by atoms with Gasteiger partial charge in [-0.1, -0.05) is 30.3 Å². The minimum atomic E-state index is 0.379. The van der Waals surface area contributed by atoms with E-state index >= 15 is 0 Å². The lowest BCUT2D eigenvalue weighted by Crippen LogP contribution is -2.31. The van der Waals surface area contributed by atoms with E-state index in [4.69, 9.17) is 5.84 Å². The minimum absolute atomic E-state index is 0.379. The molecule has 6 heteroatoms. The number of nitrogens with one attached hydrogen (secondary N) is 1. The van der Waals surface area contributed by atoms with E-state index in [2.05, 4.69) is 33.5 Å². The van der Waals surface area contributed by atoms with Crippen molar-refractivity contribution in [2.45, 2.75) is 13.0 Å². The van der Waals surface area contributed by atoms with E-state index in [0.717, 1.165) is 17.1 Å². The Bertz CT molecular complexity index is 576. The average molecular weight is 303 g/mol. The number of hydrogen-bond donors (Lipinski definition) is 2. The lowest BCUT2D eigenvalue weighted by molar-refractivity contribution is 0.752. The number of nitrogens with zero attached hydrogens (tertiary/aromatic N) is 3. The largest absolute Gasteiger partial charge is 0.356 e. The number of rotatable bonds is 6. The first-order chi connectivity index (χ1) is 10.2. The summed E-state index contributed by atoms with van der Waals surface area (Å²) in [6.45, 7) is 2.18. The Morgan fingerprint density at radius 2 is 2.00 bits per heavy atom. The van der Waals surface area contributed by atoms with Gasteiger partial charge < -0.3 is 10.3 Å². The van der Waals surface area contributed by atoms with Gasteiger partial charge in [-0.15, -0.1) is 0 Å². The van der Waals surface area contributed by atoms with Crippen LogP contribution in [-0.2, 0) is 0 Å². The summed E-state index contributed by atoms with van der Waals surface area (Å²) < 4.78 is 0. The summed E-state index contributed by atoms with van der Waals surface area (Å²) in [5, 5.41) is 0. The SMILES string of the molecule is CSCC(C)N(C)c1cc(NN)nc(-c2ccccc2)n1. The van der Waals surface area contributed by atoms with Gasteiger partial charge in [-0.25, -0.2) is 15.8 Å². The Morgan fingerprint density at radius 1 is 1.29 bits per heavy atom. The highest BCUT2D eigenvalue weighted by Gasteiger charge is 2.14. The summed E-state index contributed by atoms with van der Waals surface area (Å²) in [5.74, 6) is 8.72. The first-order valence-electron chi connectivity index (χ1n) is 6.78. The summed E-state index contributed by atoms with van der Waals surface area (Å²) in [7, 11) is 2.04. The molecule has 2 aromatic rings. The molecular weight excluding hydrogens is 282 g/mol. The van der Waals surface area contributed by atoms with Crippen molar-refractivity contribution in [1.29, 1.82) is 0 Å².